The van der Waals surface area contributed by atoms with Crippen molar-refractivity contribution in [1.29, 1.82) is 0 Å². The van der Waals surface area contributed by atoms with E-state index in [2.05, 4.69) is 46.7 Å². The van der Waals surface area contributed by atoms with Gasteiger partial charge in [0.05, 0.1) is 5.69 Å². The second kappa shape index (κ2) is 6.61. The second-order valence-electron chi connectivity index (χ2n) is 5.42. The summed E-state index contributed by atoms with van der Waals surface area (Å²) in [6.45, 7) is 5.96. The molecule has 0 fully saturated rings. The molecule has 0 radical (unpaired) electrons. The zero-order valence-electron chi connectivity index (χ0n) is 12.2. The summed E-state index contributed by atoms with van der Waals surface area (Å²) in [6, 6.07) is 3.38. The quantitative estimate of drug-likeness (QED) is 0.408. The number of fused-ring (bicyclic) bond motifs is 1. The molecule has 0 aliphatic rings. The molecule has 0 aromatic carbocycles. The van der Waals surface area contributed by atoms with Gasteiger partial charge in [-0.1, -0.05) is 13.8 Å². The van der Waals surface area contributed by atoms with Gasteiger partial charge in [0.15, 0.2) is 0 Å². The Kier molecular flexibility index (Phi) is 5.04. The van der Waals surface area contributed by atoms with Crippen molar-refractivity contribution < 1.29 is 10.0 Å². The van der Waals surface area contributed by atoms with Gasteiger partial charge in [-0.2, -0.15) is 0 Å². The number of rotatable bonds is 5. The minimum Gasteiger partial charge on any atom is -0.357 e. The van der Waals surface area contributed by atoms with Gasteiger partial charge in [0, 0.05) is 9.77 Å². The first-order chi connectivity index (χ1) is 9.92. The van der Waals surface area contributed by atoms with Gasteiger partial charge in [-0.25, -0.2) is 10.5 Å². The number of pyridine rings is 1. The Balaban J connectivity index is 2.43. The van der Waals surface area contributed by atoms with Gasteiger partial charge in [-0.05, 0) is 54.0 Å². The molecule has 0 saturated heterocycles. The number of hydrogen-bond acceptors (Lipinski definition) is 4. The van der Waals surface area contributed by atoms with Crippen LogP contribution in [0.2, 0.25) is 0 Å². The lowest BCUT2D eigenvalue weighted by molar-refractivity contribution is -0.129. The number of hydroxylamine groups is 1. The van der Waals surface area contributed by atoms with Crippen molar-refractivity contribution in [3.05, 3.63) is 27.6 Å². The normalized spacial score (nSPS) is 12.7. The van der Waals surface area contributed by atoms with Crippen molar-refractivity contribution in [3.8, 4) is 0 Å². The molecule has 2 rings (SSSR count). The second-order valence-corrected chi connectivity index (χ2v) is 6.67. The summed E-state index contributed by atoms with van der Waals surface area (Å²) in [5.74, 6) is 0.657. The third kappa shape index (κ3) is 3.65. The smallest absolute Gasteiger partial charge is 0.265 e. The topological polar surface area (TPSA) is 78.7 Å². The molecular formula is C14H19IN4O2. The minimum absolute atomic E-state index is 0.463. The van der Waals surface area contributed by atoms with Crippen LogP contribution in [-0.4, -0.2) is 26.5 Å². The largest absolute Gasteiger partial charge is 0.357 e. The lowest BCUT2D eigenvalue weighted by Crippen LogP contribution is -2.36. The van der Waals surface area contributed by atoms with E-state index < -0.39 is 11.9 Å². The zero-order valence-corrected chi connectivity index (χ0v) is 14.4. The Bertz CT molecular complexity index is 654. The Morgan fingerprint density at radius 3 is 2.76 bits per heavy atom. The van der Waals surface area contributed by atoms with Crippen LogP contribution in [0.15, 0.2) is 18.3 Å². The van der Waals surface area contributed by atoms with Crippen LogP contribution in [0.3, 0.4) is 0 Å². The Morgan fingerprint density at radius 1 is 1.43 bits per heavy atom. The van der Waals surface area contributed by atoms with E-state index in [0.29, 0.717) is 11.7 Å². The summed E-state index contributed by atoms with van der Waals surface area (Å²) in [5, 5.41) is 11.8. The van der Waals surface area contributed by atoms with Gasteiger partial charge in [-0.3, -0.25) is 10.0 Å². The molecule has 114 valence electrons. The molecule has 0 saturated carbocycles. The maximum absolute atomic E-state index is 11.5. The van der Waals surface area contributed by atoms with E-state index >= 15 is 0 Å². The number of anilines is 1. The van der Waals surface area contributed by atoms with Crippen molar-refractivity contribution in [3.63, 3.8) is 0 Å². The summed E-state index contributed by atoms with van der Waals surface area (Å²) < 4.78 is 3.17. The third-order valence-corrected chi connectivity index (χ3v) is 3.78. The van der Waals surface area contributed by atoms with E-state index in [4.69, 9.17) is 5.21 Å². The molecule has 0 aliphatic heterocycles. The molecule has 21 heavy (non-hydrogen) atoms. The average Bonchev–Trinajstić information content (AvgIpc) is 2.75. The summed E-state index contributed by atoms with van der Waals surface area (Å²) in [6.07, 6.45) is 2.87. The monoisotopic (exact) mass is 402 g/mol. The van der Waals surface area contributed by atoms with Crippen LogP contribution >= 0.6 is 22.6 Å². The molecule has 0 aliphatic carbocycles. The molecule has 1 unspecified atom stereocenters. The highest BCUT2D eigenvalue weighted by Crippen LogP contribution is 2.23. The molecule has 2 aromatic rings. The Hall–Kier alpha value is -1.35. The standard InChI is InChI=1S/C14H19IN4O2/c1-8(2)6-11-13(16-9(3)14(20)18-21)17-12-5-4-10(15)7-19(11)12/h4-5,7-9,16,21H,6H2,1-3H3,(H,18,20). The fourth-order valence-electron chi connectivity index (χ4n) is 2.13. The van der Waals surface area contributed by atoms with E-state index in [1.165, 1.54) is 0 Å². The van der Waals surface area contributed by atoms with Crippen LogP contribution in [-0.2, 0) is 11.2 Å². The first-order valence-corrected chi connectivity index (χ1v) is 7.87. The van der Waals surface area contributed by atoms with Gasteiger partial charge in [-0.15, -0.1) is 0 Å². The number of aromatic nitrogens is 2. The fourth-order valence-corrected chi connectivity index (χ4v) is 2.59. The first-order valence-electron chi connectivity index (χ1n) is 6.79. The third-order valence-electron chi connectivity index (χ3n) is 3.14. The van der Waals surface area contributed by atoms with Crippen LogP contribution in [0.1, 0.15) is 26.5 Å². The molecular weight excluding hydrogens is 383 g/mol. The number of carbonyl (C=O) groups is 1. The van der Waals surface area contributed by atoms with E-state index in [9.17, 15) is 4.79 Å². The Morgan fingerprint density at radius 2 is 2.14 bits per heavy atom. The van der Waals surface area contributed by atoms with Gasteiger partial charge in [0.25, 0.3) is 5.91 Å². The van der Waals surface area contributed by atoms with Gasteiger partial charge in [0.1, 0.15) is 17.5 Å². The predicted octanol–water partition coefficient (Wildman–Crippen LogP) is 2.44. The molecule has 0 spiro atoms. The SMILES string of the molecule is CC(C)Cc1c(NC(C)C(=O)NO)nc2ccc(I)cn12. The highest BCUT2D eigenvalue weighted by Gasteiger charge is 2.18. The number of imidazole rings is 1. The van der Waals surface area contributed by atoms with Gasteiger partial charge in [0.2, 0.25) is 0 Å². The summed E-state index contributed by atoms with van der Waals surface area (Å²) in [5.41, 5.74) is 3.53. The first kappa shape index (κ1) is 16.0. The van der Waals surface area contributed by atoms with Crippen LogP contribution in [0, 0.1) is 9.49 Å². The average molecular weight is 402 g/mol. The van der Waals surface area contributed by atoms with Crippen molar-refractivity contribution in [2.75, 3.05) is 5.32 Å². The van der Waals surface area contributed by atoms with Crippen LogP contribution in [0.4, 0.5) is 5.82 Å². The van der Waals surface area contributed by atoms with Crippen molar-refractivity contribution in [1.82, 2.24) is 14.9 Å². The lowest BCUT2D eigenvalue weighted by Gasteiger charge is -2.13. The van der Waals surface area contributed by atoms with Crippen molar-refractivity contribution in [2.24, 2.45) is 5.92 Å². The van der Waals surface area contributed by atoms with Crippen molar-refractivity contribution >= 4 is 40.0 Å². The van der Waals surface area contributed by atoms with Crippen LogP contribution < -0.4 is 10.8 Å². The molecule has 2 heterocycles. The van der Waals surface area contributed by atoms with Crippen LogP contribution in [0.25, 0.3) is 5.65 Å². The van der Waals surface area contributed by atoms with E-state index in [0.717, 1.165) is 21.3 Å². The summed E-state index contributed by atoms with van der Waals surface area (Å²) >= 11 is 2.26. The molecule has 6 nitrogen and oxygen atoms in total. The van der Waals surface area contributed by atoms with Crippen LogP contribution in [0.5, 0.6) is 0 Å². The van der Waals surface area contributed by atoms with Gasteiger partial charge >= 0.3 is 0 Å². The molecule has 3 N–H and O–H groups in total. The number of halogens is 1. The lowest BCUT2D eigenvalue weighted by atomic mass is 10.1. The maximum Gasteiger partial charge on any atom is 0.265 e. The number of nitrogens with zero attached hydrogens (tertiary/aromatic N) is 2. The number of carbonyl (C=O) groups excluding carboxylic acids is 1. The Labute approximate surface area is 137 Å². The highest BCUT2D eigenvalue weighted by molar-refractivity contribution is 14.1. The van der Waals surface area contributed by atoms with E-state index in [-0.39, 0.29) is 0 Å². The molecule has 0 bridgehead atoms. The predicted molar refractivity (Wildman–Crippen MR) is 89.5 cm³/mol. The molecule has 2 aromatic heterocycles. The van der Waals surface area contributed by atoms with Crippen molar-refractivity contribution in [2.45, 2.75) is 33.2 Å². The van der Waals surface area contributed by atoms with E-state index in [1.807, 2.05) is 22.7 Å². The minimum atomic E-state index is -0.565. The number of hydrogen-bond donors (Lipinski definition) is 3. The maximum atomic E-state index is 11.5. The summed E-state index contributed by atoms with van der Waals surface area (Å²) in [4.78, 5) is 16.0. The fraction of sp³-hybridized carbons (Fsp3) is 0.429. The highest BCUT2D eigenvalue weighted by atomic mass is 127. The van der Waals surface area contributed by atoms with Gasteiger partial charge < -0.3 is 9.72 Å². The molecule has 7 heteroatoms. The molecule has 1 atom stereocenters. The number of nitrogens with one attached hydrogen (secondary N) is 2. The number of amides is 1. The zero-order chi connectivity index (χ0) is 15.6. The van der Waals surface area contributed by atoms with E-state index in [1.54, 1.807) is 12.4 Å². The summed E-state index contributed by atoms with van der Waals surface area (Å²) in [7, 11) is 0. The molecule has 1 amide bonds.